The molecule has 1 nitrogen and oxygen atoms in total. The van der Waals surface area contributed by atoms with Crippen LogP contribution in [0.1, 0.15) is 57.4 Å². The van der Waals surface area contributed by atoms with E-state index in [0.29, 0.717) is 0 Å². The number of hydrogen-bond donors (Lipinski definition) is 1. The summed E-state index contributed by atoms with van der Waals surface area (Å²) in [5.41, 5.74) is 2.04. The van der Waals surface area contributed by atoms with Gasteiger partial charge in [-0.15, -0.1) is 0 Å². The molecule has 0 saturated carbocycles. The number of nitrogens with one attached hydrogen (secondary N) is 1. The van der Waals surface area contributed by atoms with Crippen LogP contribution in [-0.4, -0.2) is 6.54 Å². The summed E-state index contributed by atoms with van der Waals surface area (Å²) in [7, 11) is 0. The number of rotatable bonds is 9. The highest BCUT2D eigenvalue weighted by Crippen LogP contribution is 2.16. The maximum atomic E-state index is 12.9. The Morgan fingerprint density at radius 3 is 2.33 bits per heavy atom. The van der Waals surface area contributed by atoms with Crippen LogP contribution >= 0.6 is 0 Å². The molecule has 0 amide bonds. The van der Waals surface area contributed by atoms with E-state index in [0.717, 1.165) is 17.8 Å². The second kappa shape index (κ2) is 8.96. The van der Waals surface area contributed by atoms with Crippen LogP contribution in [0.2, 0.25) is 0 Å². The van der Waals surface area contributed by atoms with E-state index >= 15 is 0 Å². The van der Waals surface area contributed by atoms with Crippen molar-refractivity contribution in [2.75, 3.05) is 11.9 Å². The van der Waals surface area contributed by atoms with Gasteiger partial charge in [-0.1, -0.05) is 45.4 Å². The zero-order valence-corrected chi connectivity index (χ0v) is 11.8. The fraction of sp³-hybridized carbons (Fsp3) is 0.625. The number of halogens is 1. The van der Waals surface area contributed by atoms with Crippen LogP contribution in [-0.2, 0) is 0 Å². The molecule has 0 heterocycles. The predicted molar refractivity (Wildman–Crippen MR) is 77.6 cm³/mol. The Labute approximate surface area is 111 Å². The molecule has 1 rings (SSSR count). The highest BCUT2D eigenvalue weighted by atomic mass is 19.1. The van der Waals surface area contributed by atoms with Crippen molar-refractivity contribution >= 4 is 5.69 Å². The molecule has 0 aliphatic rings. The number of aryl methyl sites for hydroxylation is 1. The molecule has 2 heteroatoms. The molecule has 0 radical (unpaired) electrons. The van der Waals surface area contributed by atoms with Crippen molar-refractivity contribution < 1.29 is 4.39 Å². The Bertz CT molecular complexity index is 336. The molecule has 1 aromatic rings. The summed E-state index contributed by atoms with van der Waals surface area (Å²) in [5, 5.41) is 3.38. The van der Waals surface area contributed by atoms with Crippen LogP contribution in [0.25, 0.3) is 0 Å². The lowest BCUT2D eigenvalue weighted by Crippen LogP contribution is -2.03. The van der Waals surface area contributed by atoms with Crippen molar-refractivity contribution in [2.45, 2.75) is 58.8 Å². The van der Waals surface area contributed by atoms with E-state index in [-0.39, 0.29) is 5.82 Å². The summed E-state index contributed by atoms with van der Waals surface area (Å²) in [5.74, 6) is -0.158. The molecule has 0 saturated heterocycles. The quantitative estimate of drug-likeness (QED) is 0.587. The first kappa shape index (κ1) is 15.0. The number of hydrogen-bond acceptors (Lipinski definition) is 1. The average Bonchev–Trinajstić information content (AvgIpc) is 2.35. The number of anilines is 1. The average molecular weight is 251 g/mol. The number of benzene rings is 1. The zero-order chi connectivity index (χ0) is 13.2. The van der Waals surface area contributed by atoms with Crippen molar-refractivity contribution in [1.29, 1.82) is 0 Å². The third-order valence-electron chi connectivity index (χ3n) is 3.28. The van der Waals surface area contributed by atoms with Crippen LogP contribution in [0.5, 0.6) is 0 Å². The summed E-state index contributed by atoms with van der Waals surface area (Å²) in [6.45, 7) is 5.17. The van der Waals surface area contributed by atoms with Crippen molar-refractivity contribution in [3.63, 3.8) is 0 Å². The fourth-order valence-electron chi connectivity index (χ4n) is 2.13. The van der Waals surface area contributed by atoms with Gasteiger partial charge in [0.25, 0.3) is 0 Å². The predicted octanol–water partition coefficient (Wildman–Crippen LogP) is 5.30. The molecule has 18 heavy (non-hydrogen) atoms. The molecule has 102 valence electrons. The molecule has 1 aromatic carbocycles. The Balaban J connectivity index is 2.07. The molecular formula is C16H26FN. The monoisotopic (exact) mass is 251 g/mol. The van der Waals surface area contributed by atoms with Crippen molar-refractivity contribution in [2.24, 2.45) is 0 Å². The number of unbranched alkanes of at least 4 members (excludes halogenated alkanes) is 6. The van der Waals surface area contributed by atoms with Gasteiger partial charge in [0.1, 0.15) is 5.82 Å². The van der Waals surface area contributed by atoms with Crippen molar-refractivity contribution in [1.82, 2.24) is 0 Å². The highest BCUT2D eigenvalue weighted by Gasteiger charge is 1.98. The first-order valence-corrected chi connectivity index (χ1v) is 7.24. The standard InChI is InChI=1S/C16H26FN/c1-3-4-5-6-7-8-9-12-18-16-11-10-15(17)13-14(16)2/h10-11,13,18H,3-9,12H2,1-2H3. The lowest BCUT2D eigenvalue weighted by atomic mass is 10.1. The van der Waals surface area contributed by atoms with E-state index in [1.807, 2.05) is 13.0 Å². The largest absolute Gasteiger partial charge is 0.385 e. The summed E-state index contributed by atoms with van der Waals surface area (Å²) in [6, 6.07) is 4.92. The van der Waals surface area contributed by atoms with Gasteiger partial charge in [-0.05, 0) is 37.1 Å². The van der Waals surface area contributed by atoms with Gasteiger partial charge < -0.3 is 5.32 Å². The topological polar surface area (TPSA) is 12.0 Å². The molecule has 0 spiro atoms. The van der Waals surface area contributed by atoms with E-state index in [1.54, 1.807) is 6.07 Å². The van der Waals surface area contributed by atoms with Crippen molar-refractivity contribution in [3.8, 4) is 0 Å². The van der Waals surface area contributed by atoms with Crippen LogP contribution < -0.4 is 5.32 Å². The molecular weight excluding hydrogens is 225 g/mol. The molecule has 0 unspecified atom stereocenters. The smallest absolute Gasteiger partial charge is 0.123 e. The van der Waals surface area contributed by atoms with E-state index < -0.39 is 0 Å². The van der Waals surface area contributed by atoms with Crippen LogP contribution in [0.3, 0.4) is 0 Å². The minimum atomic E-state index is -0.158. The Kier molecular flexibility index (Phi) is 7.47. The minimum Gasteiger partial charge on any atom is -0.385 e. The molecule has 0 bridgehead atoms. The molecule has 0 aliphatic heterocycles. The third-order valence-corrected chi connectivity index (χ3v) is 3.28. The summed E-state index contributed by atoms with van der Waals surface area (Å²) < 4.78 is 12.9. The lowest BCUT2D eigenvalue weighted by Gasteiger charge is -2.09. The fourth-order valence-corrected chi connectivity index (χ4v) is 2.13. The Morgan fingerprint density at radius 1 is 1.00 bits per heavy atom. The Morgan fingerprint density at radius 2 is 1.67 bits per heavy atom. The van der Waals surface area contributed by atoms with Gasteiger partial charge in [-0.2, -0.15) is 0 Å². The zero-order valence-electron chi connectivity index (χ0n) is 11.8. The molecule has 0 atom stereocenters. The second-order valence-electron chi connectivity index (χ2n) is 5.01. The van der Waals surface area contributed by atoms with Crippen LogP contribution in [0.15, 0.2) is 18.2 Å². The van der Waals surface area contributed by atoms with Gasteiger partial charge in [-0.25, -0.2) is 4.39 Å². The summed E-state index contributed by atoms with van der Waals surface area (Å²) >= 11 is 0. The third kappa shape index (κ3) is 6.04. The Hall–Kier alpha value is -1.05. The molecule has 1 N–H and O–H groups in total. The first-order valence-electron chi connectivity index (χ1n) is 7.24. The minimum absolute atomic E-state index is 0.158. The summed E-state index contributed by atoms with van der Waals surface area (Å²) in [6.07, 6.45) is 9.24. The van der Waals surface area contributed by atoms with Gasteiger partial charge in [0.05, 0.1) is 0 Å². The maximum Gasteiger partial charge on any atom is 0.123 e. The highest BCUT2D eigenvalue weighted by molar-refractivity contribution is 5.50. The summed E-state index contributed by atoms with van der Waals surface area (Å²) in [4.78, 5) is 0. The van der Waals surface area contributed by atoms with E-state index in [2.05, 4.69) is 12.2 Å². The molecule has 0 aromatic heterocycles. The van der Waals surface area contributed by atoms with Crippen molar-refractivity contribution in [3.05, 3.63) is 29.6 Å². The SMILES string of the molecule is CCCCCCCCCNc1ccc(F)cc1C. The molecule has 0 aliphatic carbocycles. The maximum absolute atomic E-state index is 12.9. The van der Waals surface area contributed by atoms with Gasteiger partial charge in [0.15, 0.2) is 0 Å². The van der Waals surface area contributed by atoms with E-state index in [1.165, 1.54) is 51.0 Å². The first-order chi connectivity index (χ1) is 8.74. The normalized spacial score (nSPS) is 10.6. The van der Waals surface area contributed by atoms with E-state index in [9.17, 15) is 4.39 Å². The van der Waals surface area contributed by atoms with Gasteiger partial charge in [0, 0.05) is 12.2 Å². The van der Waals surface area contributed by atoms with Gasteiger partial charge in [-0.3, -0.25) is 0 Å². The molecule has 0 fully saturated rings. The van der Waals surface area contributed by atoms with Gasteiger partial charge >= 0.3 is 0 Å². The van der Waals surface area contributed by atoms with Crippen LogP contribution in [0, 0.1) is 12.7 Å². The van der Waals surface area contributed by atoms with E-state index in [4.69, 9.17) is 0 Å². The van der Waals surface area contributed by atoms with Crippen LogP contribution in [0.4, 0.5) is 10.1 Å². The lowest BCUT2D eigenvalue weighted by molar-refractivity contribution is 0.596. The second-order valence-corrected chi connectivity index (χ2v) is 5.01. The van der Waals surface area contributed by atoms with Gasteiger partial charge in [0.2, 0.25) is 0 Å².